The third-order valence-corrected chi connectivity index (χ3v) is 3.80. The van der Waals surface area contributed by atoms with Crippen LogP contribution in [0.15, 0.2) is 30.3 Å². The van der Waals surface area contributed by atoms with E-state index < -0.39 is 28.2 Å². The molecule has 0 aliphatic carbocycles. The van der Waals surface area contributed by atoms with Gasteiger partial charge < -0.3 is 10.3 Å². The fourth-order valence-electron chi connectivity index (χ4n) is 1.96. The molecule has 2 N–H and O–H groups in total. The number of amides is 2. The monoisotopic (exact) mass is 321 g/mol. The molecule has 1 aromatic carbocycles. The average molecular weight is 321 g/mol. The summed E-state index contributed by atoms with van der Waals surface area (Å²) in [4.78, 5) is 24.7. The summed E-state index contributed by atoms with van der Waals surface area (Å²) >= 11 is 0. The van der Waals surface area contributed by atoms with Crippen LogP contribution >= 0.6 is 0 Å². The van der Waals surface area contributed by atoms with Gasteiger partial charge in [-0.3, -0.25) is 14.5 Å². The van der Waals surface area contributed by atoms with Crippen molar-refractivity contribution in [2.45, 2.75) is 6.04 Å². The Bertz CT molecular complexity index is 637. The Hall–Kier alpha value is -0.970. The number of para-hydroxylation sites is 1. The topological polar surface area (TPSA) is 124 Å². The van der Waals surface area contributed by atoms with Gasteiger partial charge in [-0.1, -0.05) is 18.2 Å². The van der Waals surface area contributed by atoms with Gasteiger partial charge in [0.25, 0.3) is 5.91 Å². The third-order valence-electron chi connectivity index (χ3n) is 2.93. The summed E-state index contributed by atoms with van der Waals surface area (Å²) in [5.41, 5.74) is 5.72. The minimum Gasteiger partial charge on any atom is -0.731 e. The van der Waals surface area contributed by atoms with Gasteiger partial charge in [0.15, 0.2) is 10.3 Å². The minimum absolute atomic E-state index is 0. The van der Waals surface area contributed by atoms with Crippen LogP contribution in [0, 0.1) is 0 Å². The van der Waals surface area contributed by atoms with Crippen LogP contribution in [0.2, 0.25) is 0 Å². The Kier molecular flexibility index (Phi) is 5.91. The summed E-state index contributed by atoms with van der Waals surface area (Å²) in [7, 11) is -4.83. The molecule has 2 rings (SSSR count). The number of anilines is 1. The van der Waals surface area contributed by atoms with E-state index >= 15 is 0 Å². The van der Waals surface area contributed by atoms with E-state index in [1.54, 1.807) is 30.3 Å². The molecule has 1 atom stereocenters. The van der Waals surface area contributed by atoms with Crippen LogP contribution in [0.5, 0.6) is 0 Å². The second-order valence-corrected chi connectivity index (χ2v) is 5.44. The second-order valence-electron chi connectivity index (χ2n) is 4.15. The molecule has 1 saturated heterocycles. The molecule has 0 spiro atoms. The van der Waals surface area contributed by atoms with Crippen LogP contribution in [-0.2, 0) is 19.9 Å². The van der Waals surface area contributed by atoms with Crippen LogP contribution in [0.1, 0.15) is 0 Å². The molecule has 0 bridgehead atoms. The van der Waals surface area contributed by atoms with Crippen molar-refractivity contribution in [1.29, 1.82) is 0 Å². The summed E-state index contributed by atoms with van der Waals surface area (Å²) in [6, 6.07) is 7.22. The van der Waals surface area contributed by atoms with Crippen molar-refractivity contribution >= 4 is 27.8 Å². The maximum absolute atomic E-state index is 11.9. The van der Waals surface area contributed by atoms with Crippen LogP contribution in [0.3, 0.4) is 0 Å². The molecule has 0 aromatic heterocycles. The maximum Gasteiger partial charge on any atom is 1.00 e. The summed E-state index contributed by atoms with van der Waals surface area (Å²) < 4.78 is 32.6. The molecular formula is C11H12N3NaO5S. The van der Waals surface area contributed by atoms with E-state index in [9.17, 15) is 22.6 Å². The van der Waals surface area contributed by atoms with Crippen LogP contribution in [0.4, 0.5) is 5.69 Å². The Labute approximate surface area is 144 Å². The van der Waals surface area contributed by atoms with E-state index in [2.05, 4.69) is 0 Å². The molecule has 1 unspecified atom stereocenters. The number of hydrogen-bond acceptors (Lipinski definition) is 6. The van der Waals surface area contributed by atoms with Crippen molar-refractivity contribution in [3.05, 3.63) is 30.3 Å². The standard InChI is InChI=1S/C11H13N3O5S.Na/c12-6-10(15)14(8-4-2-1-3-5-8)9-7-13(11(9)16)20(17,18)19;/h1-5,9H,6-7,12H2,(H,17,18,19);/q;+1/p-1. The first-order chi connectivity index (χ1) is 9.36. The zero-order chi connectivity index (χ0) is 14.9. The molecular weight excluding hydrogens is 309 g/mol. The quantitative estimate of drug-likeness (QED) is 0.340. The molecule has 1 aliphatic heterocycles. The van der Waals surface area contributed by atoms with Crippen LogP contribution < -0.4 is 40.2 Å². The van der Waals surface area contributed by atoms with Gasteiger partial charge in [-0.25, -0.2) is 12.7 Å². The van der Waals surface area contributed by atoms with Crippen molar-refractivity contribution < 1.29 is 52.1 Å². The van der Waals surface area contributed by atoms with E-state index in [-0.39, 0.29) is 47.0 Å². The Balaban J connectivity index is 0.00000220. The van der Waals surface area contributed by atoms with E-state index in [0.29, 0.717) is 5.69 Å². The van der Waals surface area contributed by atoms with Crippen molar-refractivity contribution in [2.24, 2.45) is 5.73 Å². The van der Waals surface area contributed by atoms with Gasteiger partial charge in [-0.15, -0.1) is 0 Å². The fraction of sp³-hybridized carbons (Fsp3) is 0.273. The predicted octanol–water partition coefficient (Wildman–Crippen LogP) is -4.35. The molecule has 1 aliphatic rings. The Morgan fingerprint density at radius 1 is 1.38 bits per heavy atom. The van der Waals surface area contributed by atoms with Gasteiger partial charge in [0, 0.05) is 5.69 Å². The zero-order valence-electron chi connectivity index (χ0n) is 11.3. The van der Waals surface area contributed by atoms with Crippen molar-refractivity contribution in [1.82, 2.24) is 4.31 Å². The van der Waals surface area contributed by atoms with Gasteiger partial charge in [0.05, 0.1) is 13.1 Å². The smallest absolute Gasteiger partial charge is 0.731 e. The number of benzene rings is 1. The molecule has 0 saturated carbocycles. The third kappa shape index (κ3) is 3.62. The number of nitrogens with two attached hydrogens (primary N) is 1. The van der Waals surface area contributed by atoms with E-state index in [4.69, 9.17) is 5.73 Å². The average Bonchev–Trinajstić information content (AvgIpc) is 2.41. The first-order valence-electron chi connectivity index (χ1n) is 5.71. The number of nitrogens with zero attached hydrogens (tertiary/aromatic N) is 2. The second kappa shape index (κ2) is 6.86. The number of carbonyl (C=O) groups excluding carboxylic acids is 2. The maximum atomic E-state index is 11.9. The zero-order valence-corrected chi connectivity index (χ0v) is 14.1. The molecule has 8 nitrogen and oxygen atoms in total. The van der Waals surface area contributed by atoms with Gasteiger partial charge >= 0.3 is 29.6 Å². The number of hydrogen-bond donors (Lipinski definition) is 1. The first-order valence-corrected chi connectivity index (χ1v) is 7.07. The number of β-lactam (4-membered cyclic amide) rings is 1. The molecule has 1 fully saturated rings. The van der Waals surface area contributed by atoms with E-state index in [1.807, 2.05) is 0 Å². The summed E-state index contributed by atoms with van der Waals surface area (Å²) in [5, 5.41) is 0. The number of carbonyl (C=O) groups is 2. The normalized spacial score (nSPS) is 17.7. The fourth-order valence-corrected chi connectivity index (χ4v) is 2.62. The van der Waals surface area contributed by atoms with E-state index in [1.165, 1.54) is 0 Å². The van der Waals surface area contributed by atoms with Gasteiger partial charge in [-0.2, -0.15) is 0 Å². The van der Waals surface area contributed by atoms with Crippen LogP contribution in [0.25, 0.3) is 0 Å². The van der Waals surface area contributed by atoms with Crippen molar-refractivity contribution in [3.8, 4) is 0 Å². The molecule has 1 heterocycles. The van der Waals surface area contributed by atoms with E-state index in [0.717, 1.165) is 4.90 Å². The summed E-state index contributed by atoms with van der Waals surface area (Å²) in [5.74, 6) is -1.46. The van der Waals surface area contributed by atoms with Gasteiger partial charge in [0.2, 0.25) is 5.91 Å². The molecule has 21 heavy (non-hydrogen) atoms. The molecule has 108 valence electrons. The van der Waals surface area contributed by atoms with Crippen molar-refractivity contribution in [2.75, 3.05) is 18.0 Å². The van der Waals surface area contributed by atoms with Crippen LogP contribution in [-0.4, -0.2) is 48.2 Å². The predicted molar refractivity (Wildman–Crippen MR) is 68.2 cm³/mol. The summed E-state index contributed by atoms with van der Waals surface area (Å²) in [6.07, 6.45) is 0. The molecule has 0 radical (unpaired) electrons. The van der Waals surface area contributed by atoms with Crippen molar-refractivity contribution in [3.63, 3.8) is 0 Å². The number of rotatable bonds is 4. The SMILES string of the molecule is NCC(=O)N(c1ccccc1)C1CN(S(=O)(=O)[O-])C1=O.[Na+]. The summed E-state index contributed by atoms with van der Waals surface area (Å²) in [6.45, 7) is -0.686. The Morgan fingerprint density at radius 2 is 1.95 bits per heavy atom. The van der Waals surface area contributed by atoms with Gasteiger partial charge in [0.1, 0.15) is 6.04 Å². The van der Waals surface area contributed by atoms with Gasteiger partial charge in [-0.05, 0) is 12.1 Å². The molecule has 1 aromatic rings. The Morgan fingerprint density at radius 3 is 2.38 bits per heavy atom. The first kappa shape index (κ1) is 18.1. The molecule has 2 amide bonds. The molecule has 10 heteroatoms. The minimum atomic E-state index is -4.83. The largest absolute Gasteiger partial charge is 1.00 e.